The minimum atomic E-state index is -0.405. The highest BCUT2D eigenvalue weighted by Gasteiger charge is 2.53. The molecule has 1 amide bonds. The maximum absolute atomic E-state index is 14.1. The van der Waals surface area contributed by atoms with Gasteiger partial charge >= 0.3 is 0 Å². The fraction of sp³-hybridized carbons (Fsp3) is 0.519. The summed E-state index contributed by atoms with van der Waals surface area (Å²) in [5.74, 6) is 1.80. The fourth-order valence-electron chi connectivity index (χ4n) is 6.28. The van der Waals surface area contributed by atoms with Crippen LogP contribution in [0.4, 0.5) is 4.39 Å². The molecule has 0 radical (unpaired) electrons. The smallest absolute Gasteiger partial charge is 0.228 e. The first-order chi connectivity index (χ1) is 16.2. The maximum Gasteiger partial charge on any atom is 0.228 e. The Labute approximate surface area is 207 Å². The van der Waals surface area contributed by atoms with Crippen LogP contribution in [0, 0.1) is 5.92 Å². The first-order valence-corrected chi connectivity index (χ1v) is 12.1. The number of carbonyl (C=O) groups is 1. The Morgan fingerprint density at radius 3 is 2.82 bits per heavy atom. The summed E-state index contributed by atoms with van der Waals surface area (Å²) in [7, 11) is 1.65. The molecule has 184 valence electrons. The lowest BCUT2D eigenvalue weighted by Crippen LogP contribution is -3.00. The third-order valence-corrected chi connectivity index (χ3v) is 8.00. The van der Waals surface area contributed by atoms with E-state index in [4.69, 9.17) is 9.47 Å². The monoisotopic (exact) mass is 487 g/mol. The number of alkyl halides is 1. The highest BCUT2D eigenvalue weighted by Crippen LogP contribution is 2.50. The van der Waals surface area contributed by atoms with Crippen LogP contribution in [0.15, 0.2) is 48.5 Å². The standard InChI is InChI=1S/C27H33FN2O3.ClH/c1-32-24-9-5-8-22-25(24)33-15-12-27(22)18-29-17-23(27)26(31)30-14-11-20(16-21(30)10-13-28)19-6-3-2-4-7-19;/h2-9,20-21,23,29H,10-18H2,1H3;1H/p-1/t20?,21?,23-,27-;/m0./s1. The van der Waals surface area contributed by atoms with E-state index in [1.165, 1.54) is 5.56 Å². The number of nitrogens with zero attached hydrogens (tertiary/aromatic N) is 1. The minimum Gasteiger partial charge on any atom is -1.00 e. The SMILES string of the molecule is COc1cccc2c1OCC[C@]21CNC[C@H]1C(=O)N1CCC(c2ccccc2)CC1CCF.[Cl-]. The van der Waals surface area contributed by atoms with Crippen molar-refractivity contribution in [1.29, 1.82) is 0 Å². The van der Waals surface area contributed by atoms with Crippen molar-refractivity contribution in [3.63, 3.8) is 0 Å². The number of benzene rings is 2. The van der Waals surface area contributed by atoms with Crippen LogP contribution in [0.3, 0.4) is 0 Å². The molecular formula is C27H33ClFN2O3-. The molecule has 1 spiro atoms. The number of methoxy groups -OCH3 is 1. The number of piperidine rings is 1. The van der Waals surface area contributed by atoms with Crippen LogP contribution in [-0.4, -0.2) is 56.9 Å². The van der Waals surface area contributed by atoms with Gasteiger partial charge < -0.3 is 32.1 Å². The third-order valence-electron chi connectivity index (χ3n) is 8.00. The van der Waals surface area contributed by atoms with E-state index in [1.807, 2.05) is 23.1 Å². The molecule has 7 heteroatoms. The van der Waals surface area contributed by atoms with Gasteiger partial charge in [-0.1, -0.05) is 42.5 Å². The largest absolute Gasteiger partial charge is 1.00 e. The molecule has 3 heterocycles. The Bertz CT molecular complexity index is 991. The van der Waals surface area contributed by atoms with Crippen molar-refractivity contribution < 1.29 is 31.1 Å². The zero-order chi connectivity index (χ0) is 22.8. The topological polar surface area (TPSA) is 50.8 Å². The molecule has 5 rings (SSSR count). The summed E-state index contributed by atoms with van der Waals surface area (Å²) in [6.45, 7) is 2.20. The summed E-state index contributed by atoms with van der Waals surface area (Å²) in [5.41, 5.74) is 2.02. The minimum absolute atomic E-state index is 0. The Kier molecular flexibility index (Phi) is 7.68. The van der Waals surface area contributed by atoms with Crippen LogP contribution < -0.4 is 27.2 Å². The number of fused-ring (bicyclic) bond motifs is 2. The number of rotatable bonds is 5. The van der Waals surface area contributed by atoms with Gasteiger partial charge in [-0.15, -0.1) is 0 Å². The van der Waals surface area contributed by atoms with E-state index in [0.29, 0.717) is 37.8 Å². The number of likely N-dealkylation sites (tertiary alicyclic amines) is 1. The summed E-state index contributed by atoms with van der Waals surface area (Å²) in [5, 5.41) is 3.49. The Hall–Kier alpha value is -2.31. The molecule has 0 aliphatic carbocycles. The number of para-hydroxylation sites is 1. The quantitative estimate of drug-likeness (QED) is 0.685. The Balaban J connectivity index is 0.00000274. The molecule has 34 heavy (non-hydrogen) atoms. The van der Waals surface area contributed by atoms with Gasteiger partial charge in [0.1, 0.15) is 0 Å². The van der Waals surface area contributed by atoms with Crippen molar-refractivity contribution in [2.24, 2.45) is 5.92 Å². The van der Waals surface area contributed by atoms with Gasteiger partial charge in [0.2, 0.25) is 5.91 Å². The zero-order valence-corrected chi connectivity index (χ0v) is 20.4. The molecule has 1 N–H and O–H groups in total. The van der Waals surface area contributed by atoms with Crippen LogP contribution in [0.2, 0.25) is 0 Å². The molecule has 0 saturated carbocycles. The number of hydrogen-bond donors (Lipinski definition) is 1. The van der Waals surface area contributed by atoms with Crippen molar-refractivity contribution >= 4 is 5.91 Å². The second kappa shape index (κ2) is 10.5. The first-order valence-electron chi connectivity index (χ1n) is 12.1. The summed E-state index contributed by atoms with van der Waals surface area (Å²) in [6, 6.07) is 16.3. The molecule has 0 bridgehead atoms. The normalized spacial score (nSPS) is 28.1. The molecule has 2 saturated heterocycles. The van der Waals surface area contributed by atoms with E-state index in [2.05, 4.69) is 35.6 Å². The molecule has 2 aromatic carbocycles. The molecule has 2 fully saturated rings. The van der Waals surface area contributed by atoms with Crippen LogP contribution in [0.5, 0.6) is 11.5 Å². The highest BCUT2D eigenvalue weighted by molar-refractivity contribution is 5.82. The van der Waals surface area contributed by atoms with E-state index >= 15 is 0 Å². The molecule has 4 atom stereocenters. The molecule has 5 nitrogen and oxygen atoms in total. The summed E-state index contributed by atoms with van der Waals surface area (Å²) in [4.78, 5) is 16.1. The third kappa shape index (κ3) is 4.27. The lowest BCUT2D eigenvalue weighted by Gasteiger charge is -2.45. The van der Waals surface area contributed by atoms with E-state index in [9.17, 15) is 9.18 Å². The van der Waals surface area contributed by atoms with Gasteiger partial charge in [0.05, 0.1) is 26.3 Å². The number of hydrogen-bond acceptors (Lipinski definition) is 4. The van der Waals surface area contributed by atoms with Crippen LogP contribution >= 0.6 is 0 Å². The van der Waals surface area contributed by atoms with Gasteiger partial charge in [0.25, 0.3) is 0 Å². The molecule has 3 aliphatic heterocycles. The number of nitrogens with one attached hydrogen (secondary N) is 1. The fourth-order valence-corrected chi connectivity index (χ4v) is 6.28. The number of ether oxygens (including phenoxy) is 2. The molecule has 0 aromatic heterocycles. The van der Waals surface area contributed by atoms with Gasteiger partial charge in [0.15, 0.2) is 11.5 Å². The molecule has 2 aromatic rings. The van der Waals surface area contributed by atoms with Gasteiger partial charge in [-0.3, -0.25) is 9.18 Å². The Morgan fingerprint density at radius 2 is 2.06 bits per heavy atom. The van der Waals surface area contributed by atoms with E-state index in [1.54, 1.807) is 7.11 Å². The summed E-state index contributed by atoms with van der Waals surface area (Å²) >= 11 is 0. The summed E-state index contributed by atoms with van der Waals surface area (Å²) in [6.07, 6.45) is 2.92. The van der Waals surface area contributed by atoms with Crippen LogP contribution in [0.25, 0.3) is 0 Å². The first kappa shape index (κ1) is 24.8. The van der Waals surface area contributed by atoms with Crippen molar-refractivity contribution in [2.45, 2.75) is 43.1 Å². The second-order valence-corrected chi connectivity index (χ2v) is 9.57. The lowest BCUT2D eigenvalue weighted by molar-refractivity contribution is -0.141. The van der Waals surface area contributed by atoms with Crippen molar-refractivity contribution in [3.8, 4) is 11.5 Å². The predicted octanol–water partition coefficient (Wildman–Crippen LogP) is 1.07. The van der Waals surface area contributed by atoms with Gasteiger partial charge in [-0.2, -0.15) is 0 Å². The van der Waals surface area contributed by atoms with Crippen molar-refractivity contribution in [3.05, 3.63) is 59.7 Å². The zero-order valence-electron chi connectivity index (χ0n) is 19.6. The van der Waals surface area contributed by atoms with Crippen LogP contribution in [0.1, 0.15) is 42.7 Å². The number of amides is 1. The van der Waals surface area contributed by atoms with Gasteiger partial charge in [-0.25, -0.2) is 0 Å². The summed E-state index contributed by atoms with van der Waals surface area (Å²) < 4.78 is 25.1. The van der Waals surface area contributed by atoms with E-state index < -0.39 is 6.67 Å². The average molecular weight is 488 g/mol. The van der Waals surface area contributed by atoms with Crippen molar-refractivity contribution in [2.75, 3.05) is 40.0 Å². The maximum atomic E-state index is 14.1. The highest BCUT2D eigenvalue weighted by atomic mass is 35.5. The second-order valence-electron chi connectivity index (χ2n) is 9.57. The Morgan fingerprint density at radius 1 is 1.24 bits per heavy atom. The molecule has 2 unspecified atom stereocenters. The van der Waals surface area contributed by atoms with Crippen molar-refractivity contribution in [1.82, 2.24) is 10.2 Å². The average Bonchev–Trinajstić information content (AvgIpc) is 3.28. The van der Waals surface area contributed by atoms with Crippen LogP contribution in [-0.2, 0) is 10.2 Å². The van der Waals surface area contributed by atoms with E-state index in [0.717, 1.165) is 37.1 Å². The molecule has 3 aliphatic rings. The number of halogens is 2. The van der Waals surface area contributed by atoms with E-state index in [-0.39, 0.29) is 35.7 Å². The number of carbonyl (C=O) groups excluding carboxylic acids is 1. The lowest BCUT2D eigenvalue weighted by atomic mass is 9.68. The van der Waals surface area contributed by atoms with Gasteiger partial charge in [0, 0.05) is 36.7 Å². The van der Waals surface area contributed by atoms with Gasteiger partial charge in [-0.05, 0) is 43.2 Å². The predicted molar refractivity (Wildman–Crippen MR) is 126 cm³/mol. The molecular weight excluding hydrogens is 455 g/mol.